The maximum absolute atomic E-state index is 13.0. The fourth-order valence-corrected chi connectivity index (χ4v) is 3.67. The summed E-state index contributed by atoms with van der Waals surface area (Å²) in [6.45, 7) is 6.74. The molecule has 1 amide bonds. The second kappa shape index (κ2) is 9.58. The molecule has 1 aromatic heterocycles. The normalized spacial score (nSPS) is 11.5. The van der Waals surface area contributed by atoms with Crippen LogP contribution in [0.2, 0.25) is 0 Å². The molecule has 1 heterocycles. The molecule has 4 nitrogen and oxygen atoms in total. The number of hydrogen-bond acceptors (Lipinski definition) is 3. The highest BCUT2D eigenvalue weighted by molar-refractivity contribution is 6.11. The molecular formula is C29H26N2O2. The quantitative estimate of drug-likeness (QED) is 0.266. The van der Waals surface area contributed by atoms with Crippen molar-refractivity contribution < 1.29 is 9.21 Å². The van der Waals surface area contributed by atoms with Crippen molar-refractivity contribution in [3.63, 3.8) is 0 Å². The van der Waals surface area contributed by atoms with Crippen molar-refractivity contribution in [3.8, 4) is 17.4 Å². The molecule has 0 saturated heterocycles. The minimum absolute atomic E-state index is 0.148. The predicted octanol–water partition coefficient (Wildman–Crippen LogP) is 6.86. The first-order valence-electron chi connectivity index (χ1n) is 11.0. The summed E-state index contributed by atoms with van der Waals surface area (Å²) in [6.07, 6.45) is 1.88. The number of amides is 1. The Hall–Kier alpha value is -4.10. The molecule has 3 aromatic carbocycles. The summed E-state index contributed by atoms with van der Waals surface area (Å²) in [6, 6.07) is 25.5. The molecule has 0 radical (unpaired) electrons. The minimum atomic E-state index is -0.148. The molecule has 0 atom stereocenters. The van der Waals surface area contributed by atoms with E-state index < -0.39 is 0 Å². The van der Waals surface area contributed by atoms with E-state index in [9.17, 15) is 10.1 Å². The van der Waals surface area contributed by atoms with E-state index in [1.165, 1.54) is 5.56 Å². The first-order chi connectivity index (χ1) is 16.0. The Kier molecular flexibility index (Phi) is 6.42. The predicted molar refractivity (Wildman–Crippen MR) is 133 cm³/mol. The van der Waals surface area contributed by atoms with E-state index in [1.807, 2.05) is 85.8 Å². The summed E-state index contributed by atoms with van der Waals surface area (Å²) in [5.74, 6) is 0.731. The number of furan rings is 1. The number of carbonyl (C=O) groups is 1. The van der Waals surface area contributed by atoms with Gasteiger partial charge in [0.15, 0.2) is 0 Å². The number of hydrogen-bond donors (Lipinski definition) is 1. The van der Waals surface area contributed by atoms with Crippen LogP contribution in [-0.2, 0) is 0 Å². The van der Waals surface area contributed by atoms with E-state index in [-0.39, 0.29) is 5.91 Å². The fourth-order valence-electron chi connectivity index (χ4n) is 3.67. The Labute approximate surface area is 194 Å². The van der Waals surface area contributed by atoms with Gasteiger partial charge in [-0.25, -0.2) is 0 Å². The molecule has 0 saturated carbocycles. The maximum atomic E-state index is 13.0. The summed E-state index contributed by atoms with van der Waals surface area (Å²) in [4.78, 5) is 13.0. The number of rotatable bonds is 6. The van der Waals surface area contributed by atoms with Gasteiger partial charge in [0, 0.05) is 17.5 Å². The van der Waals surface area contributed by atoms with E-state index >= 15 is 0 Å². The van der Waals surface area contributed by atoms with E-state index in [2.05, 4.69) is 25.2 Å². The average molecular weight is 435 g/mol. The van der Waals surface area contributed by atoms with Crippen LogP contribution in [-0.4, -0.2) is 12.5 Å². The number of fused-ring (bicyclic) bond motifs is 1. The van der Waals surface area contributed by atoms with Crippen molar-refractivity contribution in [2.24, 2.45) is 5.92 Å². The Morgan fingerprint density at radius 2 is 1.73 bits per heavy atom. The lowest BCUT2D eigenvalue weighted by molar-refractivity contribution is 0.0950. The van der Waals surface area contributed by atoms with Gasteiger partial charge in [-0.3, -0.25) is 4.79 Å². The number of allylic oxidation sites excluding steroid dienone is 1. The van der Waals surface area contributed by atoms with Crippen LogP contribution in [0.3, 0.4) is 0 Å². The SMILES string of the molecule is Cc1ccc(/C=C(\C#N)c2ccc(-c3oc4ccccc4c3C(=O)NCC(C)C)cc2)cc1. The lowest BCUT2D eigenvalue weighted by atomic mass is 9.99. The second-order valence-corrected chi connectivity index (χ2v) is 8.56. The number of nitrogens with zero attached hydrogens (tertiary/aromatic N) is 1. The van der Waals surface area contributed by atoms with Gasteiger partial charge in [-0.1, -0.05) is 86.1 Å². The summed E-state index contributed by atoms with van der Waals surface area (Å²) in [7, 11) is 0. The van der Waals surface area contributed by atoms with Gasteiger partial charge in [-0.15, -0.1) is 0 Å². The molecule has 1 N–H and O–H groups in total. The number of benzene rings is 3. The summed E-state index contributed by atoms with van der Waals surface area (Å²) in [5, 5.41) is 13.5. The highest BCUT2D eigenvalue weighted by atomic mass is 16.3. The smallest absolute Gasteiger partial charge is 0.255 e. The van der Waals surface area contributed by atoms with Gasteiger partial charge in [0.05, 0.1) is 17.2 Å². The number of nitrogens with one attached hydrogen (secondary N) is 1. The molecule has 0 unspecified atom stereocenters. The number of aryl methyl sites for hydroxylation is 1. The topological polar surface area (TPSA) is 66.0 Å². The molecule has 33 heavy (non-hydrogen) atoms. The first kappa shape index (κ1) is 22.1. The Morgan fingerprint density at radius 3 is 2.39 bits per heavy atom. The number of para-hydroxylation sites is 1. The third kappa shape index (κ3) is 4.88. The Morgan fingerprint density at radius 1 is 1.03 bits per heavy atom. The first-order valence-corrected chi connectivity index (χ1v) is 11.0. The molecule has 164 valence electrons. The van der Waals surface area contributed by atoms with Crippen molar-refractivity contribution in [1.29, 1.82) is 5.26 Å². The van der Waals surface area contributed by atoms with Crippen LogP contribution in [0.15, 0.2) is 77.2 Å². The van der Waals surface area contributed by atoms with Crippen LogP contribution >= 0.6 is 0 Å². The molecule has 4 rings (SSSR count). The third-order valence-corrected chi connectivity index (χ3v) is 5.46. The second-order valence-electron chi connectivity index (χ2n) is 8.56. The molecule has 4 heteroatoms. The average Bonchev–Trinajstić information content (AvgIpc) is 3.22. The van der Waals surface area contributed by atoms with E-state index in [4.69, 9.17) is 4.42 Å². The largest absolute Gasteiger partial charge is 0.455 e. The fraction of sp³-hybridized carbons (Fsp3) is 0.172. The number of carbonyl (C=O) groups excluding carboxylic acids is 1. The van der Waals surface area contributed by atoms with Crippen molar-refractivity contribution in [2.45, 2.75) is 20.8 Å². The molecule has 0 aliphatic heterocycles. The van der Waals surface area contributed by atoms with Crippen LogP contribution in [0.4, 0.5) is 0 Å². The van der Waals surface area contributed by atoms with E-state index in [1.54, 1.807) is 0 Å². The van der Waals surface area contributed by atoms with Crippen molar-refractivity contribution >= 4 is 28.5 Å². The van der Waals surface area contributed by atoms with Crippen LogP contribution in [0.1, 0.15) is 40.9 Å². The summed E-state index contributed by atoms with van der Waals surface area (Å²) >= 11 is 0. The molecule has 0 bridgehead atoms. The monoisotopic (exact) mass is 434 g/mol. The summed E-state index contributed by atoms with van der Waals surface area (Å²) < 4.78 is 6.11. The van der Waals surface area contributed by atoms with E-state index in [0.29, 0.717) is 34.9 Å². The van der Waals surface area contributed by atoms with Crippen LogP contribution < -0.4 is 5.32 Å². The lowest BCUT2D eigenvalue weighted by Crippen LogP contribution is -2.27. The minimum Gasteiger partial charge on any atom is -0.455 e. The molecule has 0 aliphatic carbocycles. The zero-order chi connectivity index (χ0) is 23.4. The van der Waals surface area contributed by atoms with Gasteiger partial charge in [0.1, 0.15) is 11.3 Å². The molecular weight excluding hydrogens is 408 g/mol. The zero-order valence-corrected chi connectivity index (χ0v) is 19.1. The maximum Gasteiger partial charge on any atom is 0.255 e. The van der Waals surface area contributed by atoms with Gasteiger partial charge in [0.2, 0.25) is 0 Å². The highest BCUT2D eigenvalue weighted by Gasteiger charge is 2.22. The third-order valence-electron chi connectivity index (χ3n) is 5.46. The molecule has 0 aliphatic rings. The Balaban J connectivity index is 1.71. The van der Waals surface area contributed by atoms with Crippen molar-refractivity contribution in [1.82, 2.24) is 5.32 Å². The van der Waals surface area contributed by atoms with Crippen LogP contribution in [0, 0.1) is 24.2 Å². The molecule has 0 fully saturated rings. The standard InChI is InChI=1S/C29H26N2O2/c1-19(2)18-31-29(32)27-25-6-4-5-7-26(25)33-28(27)23-14-12-22(13-15-23)24(17-30)16-21-10-8-20(3)9-11-21/h4-16,19H,18H2,1-3H3,(H,31,32)/b24-16+. The molecule has 0 spiro atoms. The van der Waals surface area contributed by atoms with Crippen molar-refractivity contribution in [3.05, 3.63) is 95.1 Å². The van der Waals surface area contributed by atoms with Crippen LogP contribution in [0.25, 0.3) is 33.9 Å². The number of nitriles is 1. The van der Waals surface area contributed by atoms with Gasteiger partial charge in [-0.05, 0) is 36.1 Å². The van der Waals surface area contributed by atoms with Crippen LogP contribution in [0.5, 0.6) is 0 Å². The van der Waals surface area contributed by atoms with Gasteiger partial charge in [-0.2, -0.15) is 5.26 Å². The van der Waals surface area contributed by atoms with E-state index in [0.717, 1.165) is 22.1 Å². The van der Waals surface area contributed by atoms with Gasteiger partial charge in [0.25, 0.3) is 5.91 Å². The Bertz CT molecular complexity index is 1350. The van der Waals surface area contributed by atoms with Gasteiger partial charge >= 0.3 is 0 Å². The highest BCUT2D eigenvalue weighted by Crippen LogP contribution is 2.34. The lowest BCUT2D eigenvalue weighted by Gasteiger charge is -2.09. The van der Waals surface area contributed by atoms with Gasteiger partial charge < -0.3 is 9.73 Å². The zero-order valence-electron chi connectivity index (χ0n) is 19.1. The van der Waals surface area contributed by atoms with Crippen molar-refractivity contribution in [2.75, 3.05) is 6.54 Å². The summed E-state index contributed by atoms with van der Waals surface area (Å²) in [5.41, 5.74) is 5.53. The molecule has 4 aromatic rings.